The molecule has 0 radical (unpaired) electrons. The van der Waals surface area contributed by atoms with Crippen LogP contribution in [0.2, 0.25) is 10.0 Å². The quantitative estimate of drug-likeness (QED) is 0.845. The summed E-state index contributed by atoms with van der Waals surface area (Å²) in [6.07, 6.45) is 3.42. The molecule has 4 heteroatoms. The second-order valence-corrected chi connectivity index (χ2v) is 6.26. The van der Waals surface area contributed by atoms with Crippen LogP contribution >= 0.6 is 23.2 Å². The predicted molar refractivity (Wildman–Crippen MR) is 87.1 cm³/mol. The topological polar surface area (TPSA) is 32.3 Å². The number of hydrogen-bond acceptors (Lipinski definition) is 2. The van der Waals surface area contributed by atoms with Crippen LogP contribution < -0.4 is 5.32 Å². The monoisotopic (exact) mass is 321 g/mol. The third-order valence-corrected chi connectivity index (χ3v) is 4.52. The zero-order valence-corrected chi connectivity index (χ0v) is 13.1. The number of fused-ring (bicyclic) bond motifs is 1. The maximum absolute atomic E-state index is 10.0. The van der Waals surface area contributed by atoms with Gasteiger partial charge in [-0.2, -0.15) is 0 Å². The standard InChI is InChI=1S/C17H17Cl2NO/c18-13-8-12(17(21)15(19)9-13)10-20-16-7-3-5-11-4-1-2-6-14(11)16/h1-2,4,6,8-9,16,20-21H,3,5,7,10H2. The van der Waals surface area contributed by atoms with Gasteiger partial charge in [-0.3, -0.25) is 0 Å². The molecule has 0 aliphatic heterocycles. The maximum atomic E-state index is 10.0. The van der Waals surface area contributed by atoms with Crippen molar-refractivity contribution in [3.05, 3.63) is 63.1 Å². The number of phenolic OH excluding ortho intramolecular Hbond substituents is 1. The highest BCUT2D eigenvalue weighted by Crippen LogP contribution is 2.33. The van der Waals surface area contributed by atoms with E-state index in [-0.39, 0.29) is 5.75 Å². The molecule has 2 nitrogen and oxygen atoms in total. The molecule has 1 aliphatic carbocycles. The zero-order chi connectivity index (χ0) is 14.8. The van der Waals surface area contributed by atoms with Crippen LogP contribution in [0, 0.1) is 0 Å². The summed E-state index contributed by atoms with van der Waals surface area (Å²) in [5.41, 5.74) is 3.50. The van der Waals surface area contributed by atoms with E-state index in [1.54, 1.807) is 12.1 Å². The van der Waals surface area contributed by atoms with E-state index in [2.05, 4.69) is 29.6 Å². The minimum absolute atomic E-state index is 0.109. The molecule has 0 heterocycles. The number of rotatable bonds is 3. The summed E-state index contributed by atoms with van der Waals surface area (Å²) in [5, 5.41) is 14.4. The van der Waals surface area contributed by atoms with E-state index in [1.807, 2.05) is 0 Å². The summed E-state index contributed by atoms with van der Waals surface area (Å²) >= 11 is 12.0. The molecule has 1 unspecified atom stereocenters. The fraction of sp³-hybridized carbons (Fsp3) is 0.294. The Hall–Kier alpha value is -1.22. The number of aromatic hydroxyl groups is 1. The summed E-state index contributed by atoms with van der Waals surface area (Å²) in [5.74, 6) is 0.109. The summed E-state index contributed by atoms with van der Waals surface area (Å²) in [7, 11) is 0. The van der Waals surface area contributed by atoms with Crippen molar-refractivity contribution >= 4 is 23.2 Å². The predicted octanol–water partition coefficient (Wildman–Crippen LogP) is 4.87. The molecule has 0 bridgehead atoms. The summed E-state index contributed by atoms with van der Waals surface area (Å²) in [4.78, 5) is 0. The molecule has 1 atom stereocenters. The fourth-order valence-electron chi connectivity index (χ4n) is 2.95. The first-order valence-electron chi connectivity index (χ1n) is 7.13. The number of halogens is 2. The first kappa shape index (κ1) is 14.7. The SMILES string of the molecule is Oc1c(Cl)cc(Cl)cc1CNC1CCCc2ccccc21. The largest absolute Gasteiger partial charge is 0.506 e. The Balaban J connectivity index is 1.78. The minimum Gasteiger partial charge on any atom is -0.506 e. The molecular weight excluding hydrogens is 305 g/mol. The van der Waals surface area contributed by atoms with Gasteiger partial charge in [-0.05, 0) is 42.5 Å². The van der Waals surface area contributed by atoms with Gasteiger partial charge in [0.1, 0.15) is 5.75 Å². The van der Waals surface area contributed by atoms with Gasteiger partial charge in [-0.1, -0.05) is 47.5 Å². The second kappa shape index (κ2) is 6.27. The van der Waals surface area contributed by atoms with Crippen LogP contribution in [0.25, 0.3) is 0 Å². The van der Waals surface area contributed by atoms with E-state index in [9.17, 15) is 5.11 Å². The van der Waals surface area contributed by atoms with Crippen molar-refractivity contribution < 1.29 is 5.11 Å². The van der Waals surface area contributed by atoms with Gasteiger partial charge < -0.3 is 10.4 Å². The van der Waals surface area contributed by atoms with Gasteiger partial charge in [0.2, 0.25) is 0 Å². The van der Waals surface area contributed by atoms with Crippen LogP contribution in [0.15, 0.2) is 36.4 Å². The van der Waals surface area contributed by atoms with Gasteiger partial charge in [-0.25, -0.2) is 0 Å². The van der Waals surface area contributed by atoms with E-state index < -0.39 is 0 Å². The van der Waals surface area contributed by atoms with Gasteiger partial charge >= 0.3 is 0 Å². The van der Waals surface area contributed by atoms with Crippen molar-refractivity contribution in [2.24, 2.45) is 0 Å². The Bertz CT molecular complexity index is 657. The van der Waals surface area contributed by atoms with Gasteiger partial charge in [0.15, 0.2) is 0 Å². The molecule has 0 saturated carbocycles. The lowest BCUT2D eigenvalue weighted by Crippen LogP contribution is -2.24. The van der Waals surface area contributed by atoms with Crippen molar-refractivity contribution in [2.75, 3.05) is 0 Å². The van der Waals surface area contributed by atoms with Gasteiger partial charge in [-0.15, -0.1) is 0 Å². The van der Waals surface area contributed by atoms with Crippen molar-refractivity contribution in [3.63, 3.8) is 0 Å². The van der Waals surface area contributed by atoms with E-state index >= 15 is 0 Å². The first-order valence-corrected chi connectivity index (χ1v) is 7.89. The highest BCUT2D eigenvalue weighted by Gasteiger charge is 2.19. The molecule has 0 aromatic heterocycles. The number of aryl methyl sites for hydroxylation is 1. The summed E-state index contributed by atoms with van der Waals surface area (Å²) in [6, 6.07) is 12.2. The van der Waals surface area contributed by atoms with E-state index in [0.717, 1.165) is 18.4 Å². The van der Waals surface area contributed by atoms with Crippen LogP contribution in [0.1, 0.15) is 35.6 Å². The summed E-state index contributed by atoms with van der Waals surface area (Å²) < 4.78 is 0. The van der Waals surface area contributed by atoms with E-state index in [0.29, 0.717) is 22.6 Å². The second-order valence-electron chi connectivity index (χ2n) is 5.42. The molecule has 0 saturated heterocycles. The number of benzene rings is 2. The van der Waals surface area contributed by atoms with Crippen LogP contribution in [0.3, 0.4) is 0 Å². The van der Waals surface area contributed by atoms with Crippen molar-refractivity contribution in [1.82, 2.24) is 5.32 Å². The molecule has 110 valence electrons. The Morgan fingerprint density at radius 3 is 2.86 bits per heavy atom. The highest BCUT2D eigenvalue weighted by molar-refractivity contribution is 6.35. The average molecular weight is 322 g/mol. The number of phenols is 1. The molecular formula is C17H17Cl2NO. The molecule has 21 heavy (non-hydrogen) atoms. The van der Waals surface area contributed by atoms with Crippen LogP contribution in [-0.4, -0.2) is 5.11 Å². The molecule has 0 spiro atoms. The molecule has 3 rings (SSSR count). The zero-order valence-electron chi connectivity index (χ0n) is 11.6. The molecule has 0 fully saturated rings. The smallest absolute Gasteiger partial charge is 0.138 e. The molecule has 2 aromatic carbocycles. The minimum atomic E-state index is 0.109. The maximum Gasteiger partial charge on any atom is 0.138 e. The lowest BCUT2D eigenvalue weighted by Gasteiger charge is -2.26. The van der Waals surface area contributed by atoms with Gasteiger partial charge in [0.25, 0.3) is 0 Å². The van der Waals surface area contributed by atoms with E-state index in [1.165, 1.54) is 17.5 Å². The highest BCUT2D eigenvalue weighted by atomic mass is 35.5. The van der Waals surface area contributed by atoms with Crippen molar-refractivity contribution in [3.8, 4) is 5.75 Å². The number of nitrogens with one attached hydrogen (secondary N) is 1. The Kier molecular flexibility index (Phi) is 4.39. The molecule has 1 aliphatic rings. The van der Waals surface area contributed by atoms with Crippen molar-refractivity contribution in [1.29, 1.82) is 0 Å². The Morgan fingerprint density at radius 2 is 2.00 bits per heavy atom. The Morgan fingerprint density at radius 1 is 1.19 bits per heavy atom. The average Bonchev–Trinajstić information content (AvgIpc) is 2.49. The lowest BCUT2D eigenvalue weighted by atomic mass is 9.87. The normalized spacial score (nSPS) is 17.5. The number of hydrogen-bond donors (Lipinski definition) is 2. The van der Waals surface area contributed by atoms with Crippen molar-refractivity contribution in [2.45, 2.75) is 31.8 Å². The lowest BCUT2D eigenvalue weighted by molar-refractivity contribution is 0.438. The third-order valence-electron chi connectivity index (χ3n) is 4.02. The molecule has 2 N–H and O–H groups in total. The summed E-state index contributed by atoms with van der Waals surface area (Å²) in [6.45, 7) is 0.547. The third kappa shape index (κ3) is 3.18. The van der Waals surface area contributed by atoms with Crippen LogP contribution in [0.4, 0.5) is 0 Å². The molecule has 2 aromatic rings. The van der Waals surface area contributed by atoms with Crippen LogP contribution in [0.5, 0.6) is 5.75 Å². The Labute approximate surface area is 134 Å². The first-order chi connectivity index (χ1) is 10.1. The van der Waals surface area contributed by atoms with Crippen LogP contribution in [-0.2, 0) is 13.0 Å². The van der Waals surface area contributed by atoms with Gasteiger partial charge in [0, 0.05) is 23.2 Å². The van der Waals surface area contributed by atoms with Gasteiger partial charge in [0.05, 0.1) is 5.02 Å². The van der Waals surface area contributed by atoms with E-state index in [4.69, 9.17) is 23.2 Å². The fourth-order valence-corrected chi connectivity index (χ4v) is 3.49. The molecule has 0 amide bonds.